The number of aliphatic hydroxyl groups excluding tert-OH is 2. The molecule has 0 aromatic rings. The van der Waals surface area contributed by atoms with E-state index < -0.39 is 5.97 Å². The molecule has 29 heavy (non-hydrogen) atoms. The summed E-state index contributed by atoms with van der Waals surface area (Å²) < 4.78 is 0. The zero-order valence-electron chi connectivity index (χ0n) is 18.0. The molecule has 0 aliphatic heterocycles. The van der Waals surface area contributed by atoms with E-state index in [9.17, 15) is 4.79 Å². The van der Waals surface area contributed by atoms with Gasteiger partial charge in [0, 0.05) is 19.2 Å². The van der Waals surface area contributed by atoms with Gasteiger partial charge in [-0.05, 0) is 12.8 Å². The summed E-state index contributed by atoms with van der Waals surface area (Å²) in [6.07, 6.45) is 28.8. The molecule has 0 unspecified atom stereocenters. The first kappa shape index (κ1) is 29.3. The summed E-state index contributed by atoms with van der Waals surface area (Å²) in [5, 5.41) is 27.5. The molecule has 4 N–H and O–H groups in total. The number of carbonyl (C=O) groups is 1. The van der Waals surface area contributed by atoms with Gasteiger partial charge in [-0.3, -0.25) is 0 Å². The summed E-state index contributed by atoms with van der Waals surface area (Å²) in [6, 6.07) is 0. The van der Waals surface area contributed by atoms with Crippen LogP contribution in [0.5, 0.6) is 0 Å². The van der Waals surface area contributed by atoms with Gasteiger partial charge >= 0.3 is 5.97 Å². The minimum atomic E-state index is -0.931. The maximum atomic E-state index is 10.2. The van der Waals surface area contributed by atoms with Crippen molar-refractivity contribution < 1.29 is 20.1 Å². The van der Waals surface area contributed by atoms with Gasteiger partial charge < -0.3 is 20.6 Å². The highest BCUT2D eigenvalue weighted by atomic mass is 16.4. The molecule has 0 aliphatic rings. The first-order chi connectivity index (χ1) is 14.2. The van der Waals surface area contributed by atoms with Crippen molar-refractivity contribution >= 4 is 5.97 Å². The van der Waals surface area contributed by atoms with Crippen molar-refractivity contribution in [1.82, 2.24) is 5.32 Å². The average Bonchev–Trinajstić information content (AvgIpc) is 2.71. The van der Waals surface area contributed by atoms with Crippen molar-refractivity contribution in [3.63, 3.8) is 0 Å². The summed E-state index contributed by atoms with van der Waals surface area (Å²) in [5.74, 6) is -0.931. The van der Waals surface area contributed by atoms with Crippen molar-refractivity contribution in [1.29, 1.82) is 0 Å². The van der Waals surface area contributed by atoms with Crippen LogP contribution >= 0.6 is 0 Å². The van der Waals surface area contributed by atoms with Crippen LogP contribution in [0.25, 0.3) is 0 Å². The molecule has 0 aromatic carbocycles. The van der Waals surface area contributed by atoms with Gasteiger partial charge in [0.25, 0.3) is 0 Å². The molecule has 0 heterocycles. The quantitative estimate of drug-likeness (QED) is 0.161. The molecule has 0 atom stereocenters. The van der Waals surface area contributed by atoms with Crippen molar-refractivity contribution in [2.24, 2.45) is 0 Å². The average molecular weight is 408 g/mol. The number of hydrogen-bond donors (Lipinski definition) is 4. The zero-order chi connectivity index (χ0) is 21.8. The van der Waals surface area contributed by atoms with E-state index in [1.807, 2.05) is 24.3 Å². The third kappa shape index (κ3) is 34.0. The minimum absolute atomic E-state index is 0.139. The van der Waals surface area contributed by atoms with E-state index >= 15 is 0 Å². The lowest BCUT2D eigenvalue weighted by Gasteiger charge is -1.98. The Balaban J connectivity index is 0. The van der Waals surface area contributed by atoms with Gasteiger partial charge in [-0.2, -0.15) is 0 Å². The van der Waals surface area contributed by atoms with Crippen molar-refractivity contribution in [3.05, 3.63) is 60.8 Å². The molecule has 0 amide bonds. The Hall–Kier alpha value is -1.95. The van der Waals surface area contributed by atoms with Gasteiger partial charge in [0.15, 0.2) is 0 Å². The topological polar surface area (TPSA) is 89.8 Å². The highest BCUT2D eigenvalue weighted by Gasteiger charge is 1.88. The fourth-order valence-electron chi connectivity index (χ4n) is 2.20. The Morgan fingerprint density at radius 2 is 1.21 bits per heavy atom. The van der Waals surface area contributed by atoms with Crippen LogP contribution in [0.1, 0.15) is 58.3 Å². The molecule has 166 valence electrons. The van der Waals surface area contributed by atoms with Crippen LogP contribution in [0.15, 0.2) is 60.8 Å². The molecule has 5 heteroatoms. The zero-order valence-corrected chi connectivity index (χ0v) is 18.0. The number of aliphatic carboxylic acids is 1. The number of nitrogens with one attached hydrogen (secondary N) is 1. The molecule has 5 nitrogen and oxygen atoms in total. The molecule has 0 rings (SSSR count). The largest absolute Gasteiger partial charge is 0.478 e. The van der Waals surface area contributed by atoms with Crippen molar-refractivity contribution in [2.45, 2.75) is 58.3 Å². The molecule has 0 saturated carbocycles. The third-order valence-electron chi connectivity index (χ3n) is 3.70. The molecular weight excluding hydrogens is 366 g/mol. The van der Waals surface area contributed by atoms with Gasteiger partial charge in [0.1, 0.15) is 0 Å². The Morgan fingerprint density at radius 3 is 1.72 bits per heavy atom. The second kappa shape index (κ2) is 28.3. The highest BCUT2D eigenvalue weighted by Crippen LogP contribution is 2.08. The summed E-state index contributed by atoms with van der Waals surface area (Å²) in [7, 11) is 0. The number of carboxylic acid groups (broad SMARTS) is 1. The second-order valence-electron chi connectivity index (χ2n) is 6.39. The van der Waals surface area contributed by atoms with Gasteiger partial charge in [0.2, 0.25) is 0 Å². The first-order valence-corrected chi connectivity index (χ1v) is 10.7. The van der Waals surface area contributed by atoms with Crippen LogP contribution in [0.2, 0.25) is 0 Å². The lowest BCUT2D eigenvalue weighted by molar-refractivity contribution is -0.131. The number of unbranched alkanes of at least 4 members (excludes halogenated alkanes) is 7. The Bertz CT molecular complexity index is 475. The van der Waals surface area contributed by atoms with E-state index in [2.05, 4.69) is 24.4 Å². The number of allylic oxidation sites excluding steroid dienone is 9. The van der Waals surface area contributed by atoms with Gasteiger partial charge in [-0.25, -0.2) is 4.79 Å². The van der Waals surface area contributed by atoms with Crippen LogP contribution in [0.4, 0.5) is 0 Å². The van der Waals surface area contributed by atoms with E-state index in [1.54, 1.807) is 12.2 Å². The van der Waals surface area contributed by atoms with Crippen LogP contribution in [-0.2, 0) is 4.79 Å². The van der Waals surface area contributed by atoms with E-state index in [0.29, 0.717) is 13.1 Å². The van der Waals surface area contributed by atoms with Gasteiger partial charge in [0.05, 0.1) is 13.2 Å². The number of rotatable bonds is 17. The van der Waals surface area contributed by atoms with Gasteiger partial charge in [-0.1, -0.05) is 100 Å². The monoisotopic (exact) mass is 407 g/mol. The molecule has 0 spiro atoms. The number of aliphatic hydroxyl groups is 2. The summed E-state index contributed by atoms with van der Waals surface area (Å²) >= 11 is 0. The molecule has 0 fully saturated rings. The molecular formula is C24H41NO4. The maximum Gasteiger partial charge on any atom is 0.328 e. The fourth-order valence-corrected chi connectivity index (χ4v) is 2.20. The first-order valence-electron chi connectivity index (χ1n) is 10.7. The standard InChI is InChI=1S/C20H30O2.C4H11NO2/c1-2-3-4-5-6-7-8-9-10-11-12-13-14-15-16-17-18-19-20(21)22;6-3-1-5-2-4-7/h10-19H,2-9H2,1H3,(H,21,22);5-7H,1-4H2. The predicted octanol–water partition coefficient (Wildman–Crippen LogP) is 4.55. The smallest absolute Gasteiger partial charge is 0.328 e. The SMILES string of the molecule is CCCCCCCCCC=CC=CC=CC=CC=CC(=O)O.OCCNCCO. The molecule has 0 aliphatic carbocycles. The van der Waals surface area contributed by atoms with E-state index in [-0.39, 0.29) is 13.2 Å². The Morgan fingerprint density at radius 1 is 0.724 bits per heavy atom. The highest BCUT2D eigenvalue weighted by molar-refractivity contribution is 5.80. The lowest BCUT2D eigenvalue weighted by atomic mass is 10.1. The van der Waals surface area contributed by atoms with Crippen LogP contribution in [0, 0.1) is 0 Å². The summed E-state index contributed by atoms with van der Waals surface area (Å²) in [4.78, 5) is 10.2. The van der Waals surface area contributed by atoms with Gasteiger partial charge in [-0.15, -0.1) is 0 Å². The van der Waals surface area contributed by atoms with E-state index in [4.69, 9.17) is 15.3 Å². The third-order valence-corrected chi connectivity index (χ3v) is 3.70. The maximum absolute atomic E-state index is 10.2. The van der Waals surface area contributed by atoms with E-state index in [0.717, 1.165) is 12.5 Å². The van der Waals surface area contributed by atoms with E-state index in [1.165, 1.54) is 51.0 Å². The number of hydrogen-bond acceptors (Lipinski definition) is 4. The molecule has 0 radical (unpaired) electrons. The molecule has 0 saturated heterocycles. The number of carboxylic acids is 1. The van der Waals surface area contributed by atoms with Crippen LogP contribution in [0.3, 0.4) is 0 Å². The summed E-state index contributed by atoms with van der Waals surface area (Å²) in [5.41, 5.74) is 0. The molecule has 0 bridgehead atoms. The lowest BCUT2D eigenvalue weighted by Crippen LogP contribution is -2.21. The predicted molar refractivity (Wildman–Crippen MR) is 123 cm³/mol. The Labute approximate surface area is 177 Å². The molecule has 0 aromatic heterocycles. The fraction of sp³-hybridized carbons (Fsp3) is 0.542. The summed E-state index contributed by atoms with van der Waals surface area (Å²) in [6.45, 7) is 3.67. The van der Waals surface area contributed by atoms with Crippen molar-refractivity contribution in [3.8, 4) is 0 Å². The normalized spacial score (nSPS) is 12.0. The second-order valence-corrected chi connectivity index (χ2v) is 6.39. The minimum Gasteiger partial charge on any atom is -0.478 e. The van der Waals surface area contributed by atoms with Crippen molar-refractivity contribution in [2.75, 3.05) is 26.3 Å². The Kier molecular flexibility index (Phi) is 28.5. The van der Waals surface area contributed by atoms with Crippen LogP contribution < -0.4 is 5.32 Å². The van der Waals surface area contributed by atoms with Crippen LogP contribution in [-0.4, -0.2) is 47.6 Å².